The molecule has 23 heavy (non-hydrogen) atoms. The maximum atomic E-state index is 12.5. The number of hydrogen-bond acceptors (Lipinski definition) is 6. The number of aryl methyl sites for hydroxylation is 3. The second kappa shape index (κ2) is 5.51. The highest BCUT2D eigenvalue weighted by Crippen LogP contribution is 2.23. The van der Waals surface area contributed by atoms with E-state index >= 15 is 0 Å². The summed E-state index contributed by atoms with van der Waals surface area (Å²) in [5, 5.41) is 14.2. The van der Waals surface area contributed by atoms with E-state index in [0.717, 1.165) is 0 Å². The summed E-state index contributed by atoms with van der Waals surface area (Å²) in [4.78, 5) is 0.161. The lowest BCUT2D eigenvalue weighted by molar-refractivity contribution is 0.533. The van der Waals surface area contributed by atoms with E-state index in [9.17, 15) is 8.42 Å². The first-order valence-corrected chi connectivity index (χ1v) is 8.30. The molecule has 0 saturated heterocycles. The fourth-order valence-corrected chi connectivity index (χ4v) is 3.67. The van der Waals surface area contributed by atoms with Gasteiger partial charge in [-0.3, -0.25) is 9.82 Å². The molecule has 2 heterocycles. The highest BCUT2D eigenvalue weighted by atomic mass is 32.2. The smallest absolute Gasteiger partial charge is 0.265 e. The SMILES string of the molecule is Cc1nnc(-c2ccc(NS(=O)(=O)c3c(C)n[nH]c3C)cc2)o1. The molecular formula is C14H15N5O3S. The predicted octanol–water partition coefficient (Wildman–Crippen LogP) is 2.19. The fourth-order valence-electron chi connectivity index (χ4n) is 2.24. The standard InChI is InChI=1S/C14H15N5O3S/c1-8-13(9(2)16-15-8)23(20,21)19-12-6-4-11(5-7-12)14-18-17-10(3)22-14/h4-7,19H,1-3H3,(H,15,16). The predicted molar refractivity (Wildman–Crippen MR) is 83.3 cm³/mol. The number of rotatable bonds is 4. The minimum absolute atomic E-state index is 0.161. The third kappa shape index (κ3) is 2.95. The Kier molecular flexibility index (Phi) is 3.64. The van der Waals surface area contributed by atoms with Crippen molar-refractivity contribution in [3.63, 3.8) is 0 Å². The van der Waals surface area contributed by atoms with Gasteiger partial charge in [-0.25, -0.2) is 8.42 Å². The summed E-state index contributed by atoms with van der Waals surface area (Å²) in [6.07, 6.45) is 0. The van der Waals surface area contributed by atoms with E-state index < -0.39 is 10.0 Å². The van der Waals surface area contributed by atoms with Crippen molar-refractivity contribution < 1.29 is 12.8 Å². The third-order valence-corrected chi connectivity index (χ3v) is 4.88. The van der Waals surface area contributed by atoms with Crippen LogP contribution in [0.2, 0.25) is 0 Å². The summed E-state index contributed by atoms with van der Waals surface area (Å²) in [5.41, 5.74) is 2.06. The first-order chi connectivity index (χ1) is 10.9. The Balaban J connectivity index is 1.86. The van der Waals surface area contributed by atoms with Crippen LogP contribution in [0, 0.1) is 20.8 Å². The van der Waals surface area contributed by atoms with Gasteiger partial charge >= 0.3 is 0 Å². The molecule has 8 nitrogen and oxygen atoms in total. The second-order valence-corrected chi connectivity index (χ2v) is 6.69. The molecule has 0 aliphatic heterocycles. The van der Waals surface area contributed by atoms with Gasteiger partial charge in [-0.05, 0) is 38.1 Å². The van der Waals surface area contributed by atoms with Crippen LogP contribution in [0.3, 0.4) is 0 Å². The molecule has 0 atom stereocenters. The third-order valence-electron chi connectivity index (χ3n) is 3.24. The molecule has 0 radical (unpaired) electrons. The van der Waals surface area contributed by atoms with Crippen LogP contribution in [-0.2, 0) is 10.0 Å². The number of aromatic amines is 1. The van der Waals surface area contributed by atoms with Gasteiger partial charge in [-0.2, -0.15) is 5.10 Å². The average Bonchev–Trinajstić information content (AvgIpc) is 3.06. The molecule has 3 rings (SSSR count). The molecule has 3 aromatic rings. The van der Waals surface area contributed by atoms with Gasteiger partial charge in [0.2, 0.25) is 11.8 Å². The summed E-state index contributed by atoms with van der Waals surface area (Å²) in [5.74, 6) is 0.856. The molecule has 0 amide bonds. The van der Waals surface area contributed by atoms with E-state index in [1.165, 1.54) is 0 Å². The van der Waals surface area contributed by atoms with Crippen molar-refractivity contribution in [2.45, 2.75) is 25.7 Å². The maximum absolute atomic E-state index is 12.5. The van der Waals surface area contributed by atoms with Crippen LogP contribution >= 0.6 is 0 Å². The molecule has 0 aliphatic rings. The van der Waals surface area contributed by atoms with Crippen LogP contribution in [0.1, 0.15) is 17.3 Å². The molecule has 120 valence electrons. The number of benzene rings is 1. The zero-order valence-electron chi connectivity index (χ0n) is 12.8. The van der Waals surface area contributed by atoms with Gasteiger partial charge in [0.1, 0.15) is 4.90 Å². The van der Waals surface area contributed by atoms with Gasteiger partial charge in [-0.15, -0.1) is 10.2 Å². The molecule has 0 aliphatic carbocycles. The molecule has 0 bridgehead atoms. The first kappa shape index (κ1) is 15.2. The molecule has 1 aromatic carbocycles. The summed E-state index contributed by atoms with van der Waals surface area (Å²) in [7, 11) is -3.70. The molecule has 9 heteroatoms. The lowest BCUT2D eigenvalue weighted by Crippen LogP contribution is -2.14. The van der Waals surface area contributed by atoms with Crippen LogP contribution in [-0.4, -0.2) is 28.8 Å². The number of nitrogens with one attached hydrogen (secondary N) is 2. The van der Waals surface area contributed by atoms with Gasteiger partial charge in [0.05, 0.1) is 11.4 Å². The number of sulfonamides is 1. The van der Waals surface area contributed by atoms with Crippen molar-refractivity contribution in [2.75, 3.05) is 4.72 Å². The molecule has 0 unspecified atom stereocenters. The Hall–Kier alpha value is -2.68. The molecule has 0 saturated carbocycles. The molecular weight excluding hydrogens is 318 g/mol. The number of nitrogens with zero attached hydrogens (tertiary/aromatic N) is 3. The fraction of sp³-hybridized carbons (Fsp3) is 0.214. The van der Waals surface area contributed by atoms with Crippen molar-refractivity contribution in [3.05, 3.63) is 41.5 Å². The van der Waals surface area contributed by atoms with Crippen LogP contribution in [0.15, 0.2) is 33.6 Å². The highest BCUT2D eigenvalue weighted by Gasteiger charge is 2.22. The summed E-state index contributed by atoms with van der Waals surface area (Å²) < 4.78 is 32.8. The van der Waals surface area contributed by atoms with Gasteiger partial charge in [0, 0.05) is 18.2 Å². The van der Waals surface area contributed by atoms with Gasteiger partial charge in [0.15, 0.2) is 0 Å². The van der Waals surface area contributed by atoms with E-state index in [1.54, 1.807) is 45.0 Å². The zero-order chi connectivity index (χ0) is 16.6. The molecule has 0 fully saturated rings. The van der Waals surface area contributed by atoms with E-state index in [0.29, 0.717) is 34.4 Å². The summed E-state index contributed by atoms with van der Waals surface area (Å²) >= 11 is 0. The van der Waals surface area contributed by atoms with Crippen LogP contribution in [0.25, 0.3) is 11.5 Å². The van der Waals surface area contributed by atoms with Crippen molar-refractivity contribution >= 4 is 15.7 Å². The lowest BCUT2D eigenvalue weighted by Gasteiger charge is -2.08. The molecule has 2 aromatic heterocycles. The van der Waals surface area contributed by atoms with Crippen molar-refractivity contribution in [1.29, 1.82) is 0 Å². The number of anilines is 1. The van der Waals surface area contributed by atoms with Crippen molar-refractivity contribution in [3.8, 4) is 11.5 Å². The van der Waals surface area contributed by atoms with E-state index in [4.69, 9.17) is 4.42 Å². The Bertz CT molecular complexity index is 922. The van der Waals surface area contributed by atoms with E-state index in [2.05, 4.69) is 25.1 Å². The van der Waals surface area contributed by atoms with Crippen molar-refractivity contribution in [1.82, 2.24) is 20.4 Å². The van der Waals surface area contributed by atoms with Gasteiger partial charge < -0.3 is 4.42 Å². The number of hydrogen-bond donors (Lipinski definition) is 2. The topological polar surface area (TPSA) is 114 Å². The van der Waals surface area contributed by atoms with Crippen molar-refractivity contribution in [2.24, 2.45) is 0 Å². The number of aromatic nitrogens is 4. The lowest BCUT2D eigenvalue weighted by atomic mass is 10.2. The second-order valence-electron chi connectivity index (χ2n) is 5.07. The van der Waals surface area contributed by atoms with Crippen LogP contribution < -0.4 is 4.72 Å². The highest BCUT2D eigenvalue weighted by molar-refractivity contribution is 7.92. The van der Waals surface area contributed by atoms with Gasteiger partial charge in [-0.1, -0.05) is 0 Å². The maximum Gasteiger partial charge on any atom is 0.265 e. The number of H-pyrrole nitrogens is 1. The first-order valence-electron chi connectivity index (χ1n) is 6.82. The van der Waals surface area contributed by atoms with Crippen LogP contribution in [0.4, 0.5) is 5.69 Å². The van der Waals surface area contributed by atoms with Crippen LogP contribution in [0.5, 0.6) is 0 Å². The van der Waals surface area contributed by atoms with E-state index in [1.807, 2.05) is 0 Å². The Morgan fingerprint density at radius 2 is 1.78 bits per heavy atom. The molecule has 0 spiro atoms. The van der Waals surface area contributed by atoms with Gasteiger partial charge in [0.25, 0.3) is 10.0 Å². The Morgan fingerprint density at radius 3 is 2.30 bits per heavy atom. The minimum Gasteiger partial charge on any atom is -0.421 e. The average molecular weight is 333 g/mol. The Labute approximate surface area is 133 Å². The monoisotopic (exact) mass is 333 g/mol. The molecule has 2 N–H and O–H groups in total. The quantitative estimate of drug-likeness (QED) is 0.756. The zero-order valence-corrected chi connectivity index (χ0v) is 13.6. The Morgan fingerprint density at radius 1 is 1.09 bits per heavy atom. The summed E-state index contributed by atoms with van der Waals surface area (Å²) in [6.45, 7) is 5.00. The minimum atomic E-state index is -3.70. The normalized spacial score (nSPS) is 11.6. The summed E-state index contributed by atoms with van der Waals surface area (Å²) in [6, 6.07) is 6.69. The largest absolute Gasteiger partial charge is 0.421 e. The van der Waals surface area contributed by atoms with E-state index in [-0.39, 0.29) is 4.90 Å².